The third-order valence-corrected chi connectivity index (χ3v) is 4.10. The SMILES string of the molecule is CC(=O)N1CCC(Oc2ccc(NC(=O)Cc3ccccc3)nc2)C1. The number of carbonyl (C=O) groups is 2. The van der Waals surface area contributed by atoms with Gasteiger partial charge in [-0.05, 0) is 17.7 Å². The summed E-state index contributed by atoms with van der Waals surface area (Å²) in [5.41, 5.74) is 0.955. The van der Waals surface area contributed by atoms with Crippen molar-refractivity contribution in [2.45, 2.75) is 25.9 Å². The summed E-state index contributed by atoms with van der Waals surface area (Å²) in [6.07, 6.45) is 2.71. The molecule has 6 nitrogen and oxygen atoms in total. The normalized spacial score (nSPS) is 16.5. The monoisotopic (exact) mass is 339 g/mol. The Morgan fingerprint density at radius 2 is 2.04 bits per heavy atom. The fourth-order valence-corrected chi connectivity index (χ4v) is 2.80. The Hall–Kier alpha value is -2.89. The number of nitrogens with one attached hydrogen (secondary N) is 1. The Kier molecular flexibility index (Phi) is 5.28. The van der Waals surface area contributed by atoms with E-state index in [1.807, 2.05) is 30.3 Å². The fraction of sp³-hybridized carbons (Fsp3) is 0.316. The van der Waals surface area contributed by atoms with Gasteiger partial charge in [0.2, 0.25) is 11.8 Å². The number of rotatable bonds is 5. The average Bonchev–Trinajstić information content (AvgIpc) is 3.06. The zero-order valence-electron chi connectivity index (χ0n) is 14.1. The Morgan fingerprint density at radius 3 is 2.68 bits per heavy atom. The molecule has 1 saturated heterocycles. The van der Waals surface area contributed by atoms with E-state index in [0.29, 0.717) is 24.5 Å². The van der Waals surface area contributed by atoms with Crippen LogP contribution in [0.15, 0.2) is 48.7 Å². The van der Waals surface area contributed by atoms with Crippen molar-refractivity contribution in [3.63, 3.8) is 0 Å². The molecule has 1 aromatic heterocycles. The molecule has 2 heterocycles. The van der Waals surface area contributed by atoms with Crippen LogP contribution >= 0.6 is 0 Å². The second-order valence-electron chi connectivity index (χ2n) is 6.08. The van der Waals surface area contributed by atoms with Crippen LogP contribution in [-0.2, 0) is 16.0 Å². The van der Waals surface area contributed by atoms with Crippen LogP contribution in [0.3, 0.4) is 0 Å². The average molecular weight is 339 g/mol. The zero-order chi connectivity index (χ0) is 17.6. The summed E-state index contributed by atoms with van der Waals surface area (Å²) in [5.74, 6) is 1.09. The van der Waals surface area contributed by atoms with Gasteiger partial charge in [-0.1, -0.05) is 30.3 Å². The molecule has 1 N–H and O–H groups in total. The molecule has 1 fully saturated rings. The number of ether oxygens (including phenoxy) is 1. The van der Waals surface area contributed by atoms with Crippen molar-refractivity contribution in [2.24, 2.45) is 0 Å². The van der Waals surface area contributed by atoms with Gasteiger partial charge in [-0.25, -0.2) is 4.98 Å². The number of pyridine rings is 1. The highest BCUT2D eigenvalue weighted by atomic mass is 16.5. The topological polar surface area (TPSA) is 71.5 Å². The van der Waals surface area contributed by atoms with E-state index in [1.165, 1.54) is 0 Å². The third kappa shape index (κ3) is 4.79. The first-order valence-electron chi connectivity index (χ1n) is 8.32. The van der Waals surface area contributed by atoms with Gasteiger partial charge >= 0.3 is 0 Å². The van der Waals surface area contributed by atoms with Crippen molar-refractivity contribution < 1.29 is 14.3 Å². The molecule has 25 heavy (non-hydrogen) atoms. The molecule has 3 rings (SSSR count). The predicted molar refractivity (Wildman–Crippen MR) is 94.3 cm³/mol. The van der Waals surface area contributed by atoms with E-state index in [0.717, 1.165) is 18.5 Å². The highest BCUT2D eigenvalue weighted by Gasteiger charge is 2.25. The maximum absolute atomic E-state index is 12.0. The lowest BCUT2D eigenvalue weighted by molar-refractivity contribution is -0.128. The van der Waals surface area contributed by atoms with Crippen LogP contribution in [0.1, 0.15) is 18.9 Å². The van der Waals surface area contributed by atoms with Crippen LogP contribution in [-0.4, -0.2) is 40.9 Å². The number of nitrogens with zero attached hydrogens (tertiary/aromatic N) is 2. The van der Waals surface area contributed by atoms with Crippen LogP contribution in [0.5, 0.6) is 5.75 Å². The Labute approximate surface area is 146 Å². The summed E-state index contributed by atoms with van der Waals surface area (Å²) < 4.78 is 5.84. The van der Waals surface area contributed by atoms with Crippen LogP contribution in [0.25, 0.3) is 0 Å². The standard InChI is InChI=1S/C19H21N3O3/c1-14(23)22-10-9-17(13-22)25-16-7-8-18(20-12-16)21-19(24)11-15-5-3-2-4-6-15/h2-8,12,17H,9-11,13H2,1H3,(H,20,21,24). The van der Waals surface area contributed by atoms with E-state index < -0.39 is 0 Å². The minimum Gasteiger partial charge on any atom is -0.487 e. The van der Waals surface area contributed by atoms with E-state index in [-0.39, 0.29) is 17.9 Å². The molecule has 2 aromatic rings. The lowest BCUT2D eigenvalue weighted by Crippen LogP contribution is -2.28. The summed E-state index contributed by atoms with van der Waals surface area (Å²) >= 11 is 0. The third-order valence-electron chi connectivity index (χ3n) is 4.10. The van der Waals surface area contributed by atoms with Gasteiger partial charge in [0.1, 0.15) is 17.7 Å². The van der Waals surface area contributed by atoms with Crippen molar-refractivity contribution in [3.8, 4) is 5.75 Å². The molecule has 1 unspecified atom stereocenters. The summed E-state index contributed by atoms with van der Waals surface area (Å²) in [6, 6.07) is 13.1. The zero-order valence-corrected chi connectivity index (χ0v) is 14.1. The molecule has 0 saturated carbocycles. The van der Waals surface area contributed by atoms with Gasteiger partial charge in [-0.2, -0.15) is 0 Å². The first-order chi connectivity index (χ1) is 12.1. The van der Waals surface area contributed by atoms with E-state index in [1.54, 1.807) is 30.2 Å². The molecular formula is C19H21N3O3. The number of hydrogen-bond donors (Lipinski definition) is 1. The molecule has 1 aliphatic heterocycles. The maximum Gasteiger partial charge on any atom is 0.229 e. The highest BCUT2D eigenvalue weighted by molar-refractivity contribution is 5.91. The number of anilines is 1. The second kappa shape index (κ2) is 7.79. The van der Waals surface area contributed by atoms with E-state index in [4.69, 9.17) is 4.74 Å². The van der Waals surface area contributed by atoms with Gasteiger partial charge < -0.3 is 15.0 Å². The molecular weight excluding hydrogens is 318 g/mol. The van der Waals surface area contributed by atoms with Crippen molar-refractivity contribution in [1.82, 2.24) is 9.88 Å². The van der Waals surface area contributed by atoms with Gasteiger partial charge in [0.05, 0.1) is 19.2 Å². The quantitative estimate of drug-likeness (QED) is 0.907. The number of amides is 2. The molecule has 0 aliphatic carbocycles. The van der Waals surface area contributed by atoms with Crippen molar-refractivity contribution in [3.05, 3.63) is 54.2 Å². The molecule has 0 radical (unpaired) electrons. The molecule has 130 valence electrons. The molecule has 2 amide bonds. The summed E-state index contributed by atoms with van der Waals surface area (Å²) in [5, 5.41) is 2.77. The first-order valence-corrected chi connectivity index (χ1v) is 8.32. The maximum atomic E-state index is 12.0. The lowest BCUT2D eigenvalue weighted by Gasteiger charge is -2.15. The van der Waals surface area contributed by atoms with Gasteiger partial charge in [-0.3, -0.25) is 9.59 Å². The van der Waals surface area contributed by atoms with E-state index in [9.17, 15) is 9.59 Å². The number of aromatic nitrogens is 1. The molecule has 1 aromatic carbocycles. The second-order valence-corrected chi connectivity index (χ2v) is 6.08. The molecule has 6 heteroatoms. The molecule has 1 atom stereocenters. The lowest BCUT2D eigenvalue weighted by atomic mass is 10.1. The van der Waals surface area contributed by atoms with Gasteiger partial charge in [-0.15, -0.1) is 0 Å². The van der Waals surface area contributed by atoms with Crippen LogP contribution in [0, 0.1) is 0 Å². The predicted octanol–water partition coefficient (Wildman–Crippen LogP) is 2.26. The molecule has 0 spiro atoms. The highest BCUT2D eigenvalue weighted by Crippen LogP contribution is 2.19. The number of hydrogen-bond acceptors (Lipinski definition) is 4. The molecule has 1 aliphatic rings. The Balaban J connectivity index is 1.50. The summed E-state index contributed by atoms with van der Waals surface area (Å²) in [4.78, 5) is 29.4. The first kappa shape index (κ1) is 17.0. The van der Waals surface area contributed by atoms with E-state index in [2.05, 4.69) is 10.3 Å². The molecule has 0 bridgehead atoms. The van der Waals surface area contributed by atoms with Gasteiger partial charge in [0, 0.05) is 19.9 Å². The van der Waals surface area contributed by atoms with Gasteiger partial charge in [0.15, 0.2) is 0 Å². The van der Waals surface area contributed by atoms with Crippen LogP contribution in [0.4, 0.5) is 5.82 Å². The minimum absolute atomic E-state index is 0.00998. The van der Waals surface area contributed by atoms with E-state index >= 15 is 0 Å². The number of likely N-dealkylation sites (tertiary alicyclic amines) is 1. The fourth-order valence-electron chi connectivity index (χ4n) is 2.80. The largest absolute Gasteiger partial charge is 0.487 e. The smallest absolute Gasteiger partial charge is 0.229 e. The van der Waals surface area contributed by atoms with Crippen LogP contribution < -0.4 is 10.1 Å². The number of benzene rings is 1. The van der Waals surface area contributed by atoms with Crippen molar-refractivity contribution in [2.75, 3.05) is 18.4 Å². The summed E-state index contributed by atoms with van der Waals surface area (Å²) in [7, 11) is 0. The summed E-state index contributed by atoms with van der Waals surface area (Å²) in [6.45, 7) is 2.89. The number of carbonyl (C=O) groups excluding carboxylic acids is 2. The Morgan fingerprint density at radius 1 is 1.24 bits per heavy atom. The van der Waals surface area contributed by atoms with Crippen molar-refractivity contribution >= 4 is 17.6 Å². The van der Waals surface area contributed by atoms with Crippen molar-refractivity contribution in [1.29, 1.82) is 0 Å². The van der Waals surface area contributed by atoms with Gasteiger partial charge in [0.25, 0.3) is 0 Å². The van der Waals surface area contributed by atoms with Crippen LogP contribution in [0.2, 0.25) is 0 Å². The minimum atomic E-state index is -0.111. The Bertz CT molecular complexity index is 731.